The van der Waals surface area contributed by atoms with E-state index in [1.54, 1.807) is 0 Å². The first-order chi connectivity index (χ1) is 13.9. The zero-order valence-electron chi connectivity index (χ0n) is 15.4. The SMILES string of the molecule is ClC1=C(Cl)C(CCCCCC2C(Cl)=C(Cl)c3c(Cl)cccc32)c2cccc(Cl)c21. The van der Waals surface area contributed by atoms with E-state index in [0.717, 1.165) is 54.4 Å². The van der Waals surface area contributed by atoms with Gasteiger partial charge < -0.3 is 0 Å². The highest BCUT2D eigenvalue weighted by Gasteiger charge is 2.32. The molecule has 29 heavy (non-hydrogen) atoms. The van der Waals surface area contributed by atoms with Crippen molar-refractivity contribution in [3.05, 3.63) is 78.8 Å². The first-order valence-electron chi connectivity index (χ1n) is 9.59. The number of halogens is 6. The average Bonchev–Trinajstić information content (AvgIpc) is 3.09. The molecule has 0 saturated carbocycles. The van der Waals surface area contributed by atoms with E-state index < -0.39 is 0 Å². The van der Waals surface area contributed by atoms with Crippen molar-refractivity contribution in [2.24, 2.45) is 0 Å². The summed E-state index contributed by atoms with van der Waals surface area (Å²) in [4.78, 5) is 0. The Morgan fingerprint density at radius 3 is 1.38 bits per heavy atom. The average molecular weight is 507 g/mol. The summed E-state index contributed by atoms with van der Waals surface area (Å²) in [6.07, 6.45) is 5.05. The summed E-state index contributed by atoms with van der Waals surface area (Å²) in [6.45, 7) is 0. The van der Waals surface area contributed by atoms with Crippen molar-refractivity contribution in [1.82, 2.24) is 0 Å². The van der Waals surface area contributed by atoms with Crippen LogP contribution in [-0.4, -0.2) is 0 Å². The second-order valence-electron chi connectivity index (χ2n) is 7.48. The summed E-state index contributed by atoms with van der Waals surface area (Å²) >= 11 is 38.5. The molecule has 2 aromatic carbocycles. The Kier molecular flexibility index (Phi) is 6.81. The second kappa shape index (κ2) is 9.03. The first kappa shape index (κ1) is 21.9. The van der Waals surface area contributed by atoms with Gasteiger partial charge in [-0.1, -0.05) is 113 Å². The van der Waals surface area contributed by atoms with Crippen molar-refractivity contribution in [1.29, 1.82) is 0 Å². The molecule has 0 spiro atoms. The standard InChI is InChI=1S/C23H18Cl6/c24-16-10-4-8-12-14(20(26)22(28)18(12)16)6-2-1-3-7-15-13-9-5-11-17(25)19(13)23(29)21(15)27/h4-5,8-11,14-15H,1-3,6-7H2. The minimum Gasteiger partial charge on any atom is -0.0868 e. The Bertz CT molecular complexity index is 939. The number of hydrogen-bond acceptors (Lipinski definition) is 0. The van der Waals surface area contributed by atoms with Crippen LogP contribution >= 0.6 is 69.6 Å². The summed E-state index contributed by atoms with van der Waals surface area (Å²) in [5.74, 6) is 0.253. The summed E-state index contributed by atoms with van der Waals surface area (Å²) in [7, 11) is 0. The molecule has 2 aliphatic rings. The van der Waals surface area contributed by atoms with E-state index in [1.165, 1.54) is 0 Å². The van der Waals surface area contributed by atoms with Crippen LogP contribution in [0.25, 0.3) is 10.1 Å². The molecule has 0 amide bonds. The van der Waals surface area contributed by atoms with Crippen LogP contribution in [0.15, 0.2) is 46.5 Å². The molecule has 2 unspecified atom stereocenters. The molecule has 2 aliphatic carbocycles. The van der Waals surface area contributed by atoms with Gasteiger partial charge in [0.2, 0.25) is 0 Å². The van der Waals surface area contributed by atoms with Gasteiger partial charge in [0, 0.05) is 43.1 Å². The highest BCUT2D eigenvalue weighted by molar-refractivity contribution is 6.57. The third-order valence-electron chi connectivity index (χ3n) is 5.80. The van der Waals surface area contributed by atoms with Crippen LogP contribution in [0.4, 0.5) is 0 Å². The molecule has 0 heterocycles. The van der Waals surface area contributed by atoms with Crippen molar-refractivity contribution < 1.29 is 0 Å². The Morgan fingerprint density at radius 1 is 0.552 bits per heavy atom. The van der Waals surface area contributed by atoms with Crippen LogP contribution in [0.3, 0.4) is 0 Å². The van der Waals surface area contributed by atoms with Crippen molar-refractivity contribution in [2.75, 3.05) is 0 Å². The van der Waals surface area contributed by atoms with Crippen LogP contribution in [0.2, 0.25) is 10.0 Å². The van der Waals surface area contributed by atoms with Crippen LogP contribution < -0.4 is 0 Å². The predicted octanol–water partition coefficient (Wildman–Crippen LogP) is 10.1. The predicted molar refractivity (Wildman–Crippen MR) is 129 cm³/mol. The van der Waals surface area contributed by atoms with Gasteiger partial charge in [-0.05, 0) is 36.1 Å². The minimum absolute atomic E-state index is 0.127. The lowest BCUT2D eigenvalue weighted by atomic mass is 9.92. The van der Waals surface area contributed by atoms with Crippen LogP contribution in [0.5, 0.6) is 0 Å². The maximum Gasteiger partial charge on any atom is 0.0647 e. The largest absolute Gasteiger partial charge is 0.0868 e. The Balaban J connectivity index is 1.35. The Labute approximate surface area is 201 Å². The minimum atomic E-state index is 0.127. The lowest BCUT2D eigenvalue weighted by Gasteiger charge is -2.15. The van der Waals surface area contributed by atoms with E-state index in [-0.39, 0.29) is 11.8 Å². The van der Waals surface area contributed by atoms with E-state index in [9.17, 15) is 0 Å². The molecule has 0 saturated heterocycles. The Hall–Kier alpha value is -0.340. The van der Waals surface area contributed by atoms with Gasteiger partial charge in [0.1, 0.15) is 0 Å². The molecule has 0 fully saturated rings. The van der Waals surface area contributed by atoms with E-state index in [1.807, 2.05) is 24.3 Å². The molecule has 2 atom stereocenters. The third kappa shape index (κ3) is 3.98. The fraction of sp³-hybridized carbons (Fsp3) is 0.304. The number of allylic oxidation sites excluding steroid dienone is 2. The van der Waals surface area contributed by atoms with Gasteiger partial charge in [0.25, 0.3) is 0 Å². The molecule has 0 radical (unpaired) electrons. The molecule has 0 N–H and O–H groups in total. The molecule has 2 aromatic rings. The maximum absolute atomic E-state index is 6.53. The van der Waals surface area contributed by atoms with Gasteiger partial charge in [0.15, 0.2) is 0 Å². The van der Waals surface area contributed by atoms with Gasteiger partial charge in [-0.3, -0.25) is 0 Å². The molecular weight excluding hydrogens is 489 g/mol. The van der Waals surface area contributed by atoms with E-state index in [4.69, 9.17) is 69.6 Å². The second-order valence-corrected chi connectivity index (χ2v) is 9.86. The number of unbranched alkanes of at least 4 members (excludes halogenated alkanes) is 2. The first-order valence-corrected chi connectivity index (χ1v) is 11.9. The fourth-order valence-electron chi connectivity index (χ4n) is 4.38. The molecule has 0 nitrogen and oxygen atoms in total. The summed E-state index contributed by atoms with van der Waals surface area (Å²) in [5.41, 5.74) is 4.03. The van der Waals surface area contributed by atoms with E-state index >= 15 is 0 Å². The maximum atomic E-state index is 6.53. The smallest absolute Gasteiger partial charge is 0.0647 e. The lowest BCUT2D eigenvalue weighted by molar-refractivity contribution is 0.573. The summed E-state index contributed by atoms with van der Waals surface area (Å²) in [6, 6.07) is 11.7. The fourth-order valence-corrected chi connectivity index (χ4v) is 6.36. The van der Waals surface area contributed by atoms with Crippen LogP contribution in [-0.2, 0) is 0 Å². The van der Waals surface area contributed by atoms with Gasteiger partial charge >= 0.3 is 0 Å². The van der Waals surface area contributed by atoms with Crippen molar-refractivity contribution in [2.45, 2.75) is 43.9 Å². The molecule has 4 rings (SSSR count). The number of benzene rings is 2. The number of rotatable bonds is 6. The molecular formula is C23H18Cl6. The number of hydrogen-bond donors (Lipinski definition) is 0. The van der Waals surface area contributed by atoms with E-state index in [0.29, 0.717) is 30.2 Å². The summed E-state index contributed by atoms with van der Waals surface area (Å²) < 4.78 is 0. The van der Waals surface area contributed by atoms with Gasteiger partial charge in [0.05, 0.1) is 10.1 Å². The third-order valence-corrected chi connectivity index (χ3v) is 8.31. The highest BCUT2D eigenvalue weighted by Crippen LogP contribution is 2.51. The zero-order chi connectivity index (χ0) is 20.7. The molecule has 152 valence electrons. The highest BCUT2D eigenvalue weighted by atomic mass is 35.5. The molecule has 0 aliphatic heterocycles. The van der Waals surface area contributed by atoms with Crippen molar-refractivity contribution in [3.8, 4) is 0 Å². The topological polar surface area (TPSA) is 0 Å². The molecule has 0 bridgehead atoms. The summed E-state index contributed by atoms with van der Waals surface area (Å²) in [5, 5.41) is 3.89. The van der Waals surface area contributed by atoms with Gasteiger partial charge in [-0.15, -0.1) is 0 Å². The number of fused-ring (bicyclic) bond motifs is 2. The van der Waals surface area contributed by atoms with Crippen molar-refractivity contribution >= 4 is 79.7 Å². The van der Waals surface area contributed by atoms with Crippen LogP contribution in [0, 0.1) is 0 Å². The van der Waals surface area contributed by atoms with E-state index in [2.05, 4.69) is 12.1 Å². The normalized spacial score (nSPS) is 20.5. The molecule has 0 aromatic heterocycles. The lowest BCUT2D eigenvalue weighted by Crippen LogP contribution is -1.98. The molecule has 6 heteroatoms. The van der Waals surface area contributed by atoms with Gasteiger partial charge in [-0.25, -0.2) is 0 Å². The monoisotopic (exact) mass is 504 g/mol. The Morgan fingerprint density at radius 2 is 0.966 bits per heavy atom. The van der Waals surface area contributed by atoms with Crippen molar-refractivity contribution in [3.63, 3.8) is 0 Å². The quantitative estimate of drug-likeness (QED) is 0.342. The van der Waals surface area contributed by atoms with Gasteiger partial charge in [-0.2, -0.15) is 0 Å². The zero-order valence-corrected chi connectivity index (χ0v) is 20.0. The van der Waals surface area contributed by atoms with Crippen LogP contribution in [0.1, 0.15) is 66.2 Å².